The van der Waals surface area contributed by atoms with Gasteiger partial charge in [0, 0.05) is 24.2 Å². The fourth-order valence-electron chi connectivity index (χ4n) is 2.39. The minimum absolute atomic E-state index is 0.0975. The number of imide groups is 1. The molecule has 2 rings (SSSR count). The van der Waals surface area contributed by atoms with Gasteiger partial charge in [0.25, 0.3) is 5.91 Å². The van der Waals surface area contributed by atoms with Crippen molar-refractivity contribution in [1.29, 1.82) is 0 Å². The second-order valence-electron chi connectivity index (χ2n) is 5.54. The van der Waals surface area contributed by atoms with Crippen molar-refractivity contribution in [2.24, 2.45) is 11.8 Å². The van der Waals surface area contributed by atoms with Crippen LogP contribution in [0.2, 0.25) is 5.15 Å². The molecule has 0 spiro atoms. The summed E-state index contributed by atoms with van der Waals surface area (Å²) in [5, 5.41) is 0.291. The summed E-state index contributed by atoms with van der Waals surface area (Å²) < 4.78 is 0. The highest BCUT2D eigenvalue weighted by Crippen LogP contribution is 2.26. The standard InChI is InChI=1S/C15H19ClN2O2/c1-4-12-5-10(6-13(16)17-12)15(20)18-8-11(9(2)3)7-14(18)19/h5-6,9,11H,4,7-8H2,1-3H3. The number of carbonyl (C=O) groups is 2. The number of carbonyl (C=O) groups excluding carboxylic acids is 2. The van der Waals surface area contributed by atoms with Crippen LogP contribution < -0.4 is 0 Å². The molecule has 0 N–H and O–H groups in total. The molecule has 1 unspecified atom stereocenters. The summed E-state index contributed by atoms with van der Waals surface area (Å²) in [4.78, 5) is 29.9. The molecule has 0 aromatic carbocycles. The van der Waals surface area contributed by atoms with Crippen molar-refractivity contribution in [2.45, 2.75) is 33.6 Å². The zero-order valence-corrected chi connectivity index (χ0v) is 12.8. The third-order valence-electron chi connectivity index (χ3n) is 3.80. The number of aryl methyl sites for hydroxylation is 1. The van der Waals surface area contributed by atoms with Gasteiger partial charge in [-0.2, -0.15) is 0 Å². The first-order chi connectivity index (χ1) is 9.42. The summed E-state index contributed by atoms with van der Waals surface area (Å²) in [5.74, 6) is 0.273. The molecular weight excluding hydrogens is 276 g/mol. The van der Waals surface area contributed by atoms with E-state index >= 15 is 0 Å². The first-order valence-electron chi connectivity index (χ1n) is 6.93. The van der Waals surface area contributed by atoms with Crippen LogP contribution >= 0.6 is 11.6 Å². The van der Waals surface area contributed by atoms with Crippen molar-refractivity contribution in [1.82, 2.24) is 9.88 Å². The first kappa shape index (κ1) is 15.0. The zero-order chi connectivity index (χ0) is 14.9. The Kier molecular flexibility index (Phi) is 4.43. The van der Waals surface area contributed by atoms with Crippen LogP contribution in [-0.4, -0.2) is 28.2 Å². The molecule has 2 heterocycles. The van der Waals surface area contributed by atoms with Crippen LogP contribution in [0.25, 0.3) is 0 Å². The molecule has 1 aliphatic rings. The quantitative estimate of drug-likeness (QED) is 0.636. The Morgan fingerprint density at radius 1 is 1.50 bits per heavy atom. The molecule has 1 saturated heterocycles. The van der Waals surface area contributed by atoms with E-state index in [1.807, 2.05) is 6.92 Å². The number of halogens is 1. The molecule has 108 valence electrons. The summed E-state index contributed by atoms with van der Waals surface area (Å²) in [6, 6.07) is 3.24. The summed E-state index contributed by atoms with van der Waals surface area (Å²) in [5.41, 5.74) is 1.20. The van der Waals surface area contributed by atoms with Gasteiger partial charge in [0.05, 0.1) is 0 Å². The number of nitrogens with zero attached hydrogens (tertiary/aromatic N) is 2. The van der Waals surface area contributed by atoms with Gasteiger partial charge in [-0.15, -0.1) is 0 Å². The lowest BCUT2D eigenvalue weighted by molar-refractivity contribution is -0.125. The highest BCUT2D eigenvalue weighted by atomic mass is 35.5. The van der Waals surface area contributed by atoms with E-state index in [9.17, 15) is 9.59 Å². The Labute approximate surface area is 124 Å². The summed E-state index contributed by atoms with van der Waals surface area (Å²) in [6.07, 6.45) is 1.15. The van der Waals surface area contributed by atoms with E-state index in [1.165, 1.54) is 11.0 Å². The molecule has 1 aliphatic heterocycles. The normalized spacial score (nSPS) is 18.9. The number of rotatable bonds is 3. The SMILES string of the molecule is CCc1cc(C(=O)N2CC(C(C)C)CC2=O)cc(Cl)n1. The van der Waals surface area contributed by atoms with Crippen LogP contribution in [0.1, 0.15) is 43.2 Å². The number of amides is 2. The second-order valence-corrected chi connectivity index (χ2v) is 5.93. The van der Waals surface area contributed by atoms with Gasteiger partial charge in [0.15, 0.2) is 0 Å². The molecule has 1 aromatic heterocycles. The highest BCUT2D eigenvalue weighted by Gasteiger charge is 2.35. The Hall–Kier alpha value is -1.42. The van der Waals surface area contributed by atoms with Crippen LogP contribution in [0.3, 0.4) is 0 Å². The van der Waals surface area contributed by atoms with Gasteiger partial charge in [-0.1, -0.05) is 32.4 Å². The molecule has 1 fully saturated rings. The minimum Gasteiger partial charge on any atom is -0.278 e. The lowest BCUT2D eigenvalue weighted by Crippen LogP contribution is -2.32. The lowest BCUT2D eigenvalue weighted by atomic mass is 9.95. The monoisotopic (exact) mass is 294 g/mol. The van der Waals surface area contributed by atoms with Crippen LogP contribution in [-0.2, 0) is 11.2 Å². The highest BCUT2D eigenvalue weighted by molar-refractivity contribution is 6.29. The van der Waals surface area contributed by atoms with E-state index in [4.69, 9.17) is 11.6 Å². The van der Waals surface area contributed by atoms with E-state index < -0.39 is 0 Å². The zero-order valence-electron chi connectivity index (χ0n) is 12.0. The number of likely N-dealkylation sites (tertiary alicyclic amines) is 1. The Balaban J connectivity index is 2.23. The molecule has 0 saturated carbocycles. The van der Waals surface area contributed by atoms with Crippen molar-refractivity contribution in [3.8, 4) is 0 Å². The van der Waals surface area contributed by atoms with Gasteiger partial charge in [-0.3, -0.25) is 14.5 Å². The predicted octanol–water partition coefficient (Wildman–Crippen LogP) is 2.94. The van der Waals surface area contributed by atoms with Crippen LogP contribution in [0.15, 0.2) is 12.1 Å². The maximum atomic E-state index is 12.5. The van der Waals surface area contributed by atoms with Gasteiger partial charge >= 0.3 is 0 Å². The van der Waals surface area contributed by atoms with Gasteiger partial charge in [-0.05, 0) is 30.4 Å². The average Bonchev–Trinajstić information content (AvgIpc) is 2.79. The largest absolute Gasteiger partial charge is 0.278 e. The van der Waals surface area contributed by atoms with E-state index in [1.54, 1.807) is 6.07 Å². The number of aromatic nitrogens is 1. The molecule has 0 radical (unpaired) electrons. The van der Waals surface area contributed by atoms with Gasteiger partial charge in [0.1, 0.15) is 5.15 Å². The number of hydrogen-bond acceptors (Lipinski definition) is 3. The van der Waals surface area contributed by atoms with Crippen molar-refractivity contribution >= 4 is 23.4 Å². The van der Waals surface area contributed by atoms with Crippen molar-refractivity contribution in [3.63, 3.8) is 0 Å². The Bertz CT molecular complexity index is 543. The first-order valence-corrected chi connectivity index (χ1v) is 7.31. The lowest BCUT2D eigenvalue weighted by Gasteiger charge is -2.17. The molecular formula is C15H19ClN2O2. The van der Waals surface area contributed by atoms with Crippen LogP contribution in [0.4, 0.5) is 0 Å². The Morgan fingerprint density at radius 3 is 2.75 bits per heavy atom. The van der Waals surface area contributed by atoms with Gasteiger partial charge in [0.2, 0.25) is 5.91 Å². The number of pyridine rings is 1. The summed E-state index contributed by atoms with van der Waals surface area (Å²) >= 11 is 5.93. The van der Waals surface area contributed by atoms with E-state index in [0.717, 1.165) is 5.69 Å². The molecule has 5 heteroatoms. The smallest absolute Gasteiger partial charge is 0.260 e. The topological polar surface area (TPSA) is 50.3 Å². The maximum Gasteiger partial charge on any atom is 0.260 e. The summed E-state index contributed by atoms with van der Waals surface area (Å²) in [7, 11) is 0. The van der Waals surface area contributed by atoms with E-state index in [-0.39, 0.29) is 17.7 Å². The Morgan fingerprint density at radius 2 is 2.20 bits per heavy atom. The molecule has 1 atom stereocenters. The fourth-order valence-corrected chi connectivity index (χ4v) is 2.62. The molecule has 4 nitrogen and oxygen atoms in total. The molecule has 0 aliphatic carbocycles. The molecule has 20 heavy (non-hydrogen) atoms. The van der Waals surface area contributed by atoms with Crippen molar-refractivity contribution < 1.29 is 9.59 Å². The van der Waals surface area contributed by atoms with Crippen LogP contribution in [0.5, 0.6) is 0 Å². The van der Waals surface area contributed by atoms with Crippen molar-refractivity contribution in [2.75, 3.05) is 6.54 Å². The number of hydrogen-bond donors (Lipinski definition) is 0. The van der Waals surface area contributed by atoms with Crippen molar-refractivity contribution in [3.05, 3.63) is 28.5 Å². The maximum absolute atomic E-state index is 12.5. The minimum atomic E-state index is -0.267. The molecule has 0 bridgehead atoms. The predicted molar refractivity (Wildman–Crippen MR) is 77.6 cm³/mol. The van der Waals surface area contributed by atoms with Gasteiger partial charge < -0.3 is 0 Å². The molecule has 1 aromatic rings. The third-order valence-corrected chi connectivity index (χ3v) is 3.99. The third kappa shape index (κ3) is 3.01. The van der Waals surface area contributed by atoms with Crippen LogP contribution in [0, 0.1) is 11.8 Å². The fraction of sp³-hybridized carbons (Fsp3) is 0.533. The average molecular weight is 295 g/mol. The van der Waals surface area contributed by atoms with E-state index in [0.29, 0.717) is 36.0 Å². The molecule has 2 amide bonds. The summed E-state index contributed by atoms with van der Waals surface area (Å²) in [6.45, 7) is 6.59. The second kappa shape index (κ2) is 5.92. The van der Waals surface area contributed by atoms with E-state index in [2.05, 4.69) is 18.8 Å². The van der Waals surface area contributed by atoms with Gasteiger partial charge in [-0.25, -0.2) is 4.98 Å².